The Labute approximate surface area is 172 Å². The van der Waals surface area contributed by atoms with Crippen molar-refractivity contribution < 1.29 is 13.9 Å². The van der Waals surface area contributed by atoms with Crippen LogP contribution in [0.25, 0.3) is 33.2 Å². The minimum absolute atomic E-state index is 0.0935. The van der Waals surface area contributed by atoms with Crippen molar-refractivity contribution in [2.75, 3.05) is 7.11 Å². The van der Waals surface area contributed by atoms with Crippen molar-refractivity contribution in [1.29, 1.82) is 0 Å². The van der Waals surface area contributed by atoms with Gasteiger partial charge in [-0.15, -0.1) is 0 Å². The van der Waals surface area contributed by atoms with Crippen LogP contribution in [0.5, 0.6) is 5.75 Å². The van der Waals surface area contributed by atoms with Gasteiger partial charge >= 0.3 is 0 Å². The minimum Gasteiger partial charge on any atom is -0.497 e. The summed E-state index contributed by atoms with van der Waals surface area (Å²) in [7, 11) is 1.65. The number of carbonyl (C=O) groups is 1. The van der Waals surface area contributed by atoms with Crippen LogP contribution < -0.4 is 10.1 Å². The Morgan fingerprint density at radius 2 is 2.17 bits per heavy atom. The van der Waals surface area contributed by atoms with Crippen molar-refractivity contribution in [2.45, 2.75) is 13.1 Å². The summed E-state index contributed by atoms with van der Waals surface area (Å²) in [6.45, 7) is 0.557. The van der Waals surface area contributed by atoms with E-state index >= 15 is 0 Å². The SMILES string of the molecule is COc1ccc2c(c1)c(-c1cc3cccnc3[nH]1)cn2CC(=O)NCc1ccco1. The van der Waals surface area contributed by atoms with E-state index in [0.717, 1.165) is 44.7 Å². The lowest BCUT2D eigenvalue weighted by atomic mass is 10.1. The summed E-state index contributed by atoms with van der Waals surface area (Å²) in [5.41, 5.74) is 3.70. The minimum atomic E-state index is -0.0935. The monoisotopic (exact) mass is 400 g/mol. The van der Waals surface area contributed by atoms with Crippen LogP contribution in [-0.4, -0.2) is 27.6 Å². The van der Waals surface area contributed by atoms with Crippen LogP contribution in [0, 0.1) is 0 Å². The van der Waals surface area contributed by atoms with Crippen LogP contribution in [0.4, 0.5) is 0 Å². The van der Waals surface area contributed by atoms with Crippen molar-refractivity contribution >= 4 is 27.8 Å². The van der Waals surface area contributed by atoms with Gasteiger partial charge in [0.05, 0.1) is 19.9 Å². The van der Waals surface area contributed by atoms with Gasteiger partial charge in [-0.3, -0.25) is 4.79 Å². The topological polar surface area (TPSA) is 85.1 Å². The first-order valence-corrected chi connectivity index (χ1v) is 9.61. The number of nitrogens with one attached hydrogen (secondary N) is 2. The van der Waals surface area contributed by atoms with Gasteiger partial charge in [-0.25, -0.2) is 4.98 Å². The molecule has 5 rings (SSSR count). The number of amides is 1. The molecule has 0 saturated carbocycles. The van der Waals surface area contributed by atoms with Crippen LogP contribution >= 0.6 is 0 Å². The fourth-order valence-electron chi connectivity index (χ4n) is 3.66. The maximum absolute atomic E-state index is 12.5. The third-order valence-electron chi connectivity index (χ3n) is 5.12. The first-order chi connectivity index (χ1) is 14.7. The molecule has 0 unspecified atom stereocenters. The van der Waals surface area contributed by atoms with Gasteiger partial charge in [0.1, 0.15) is 23.7 Å². The molecule has 0 atom stereocenters. The van der Waals surface area contributed by atoms with Gasteiger partial charge in [-0.05, 0) is 48.5 Å². The van der Waals surface area contributed by atoms with E-state index in [0.29, 0.717) is 6.54 Å². The van der Waals surface area contributed by atoms with E-state index in [1.54, 1.807) is 25.6 Å². The highest BCUT2D eigenvalue weighted by Crippen LogP contribution is 2.34. The molecule has 0 aliphatic carbocycles. The van der Waals surface area contributed by atoms with Gasteiger partial charge in [0.25, 0.3) is 0 Å². The highest BCUT2D eigenvalue weighted by molar-refractivity contribution is 5.99. The standard InChI is InChI=1S/C23H20N4O3/c1-29-16-6-7-21-18(11-16)19(20-10-15-4-2-8-24-23(15)26-20)13-27(21)14-22(28)25-12-17-5-3-9-30-17/h2-11,13H,12,14H2,1H3,(H,24,26)(H,25,28). The molecule has 0 radical (unpaired) electrons. The van der Waals surface area contributed by atoms with Crippen LogP contribution in [0.2, 0.25) is 0 Å². The second-order valence-corrected chi connectivity index (χ2v) is 7.03. The Hall–Kier alpha value is -4.00. The lowest BCUT2D eigenvalue weighted by molar-refractivity contribution is -0.121. The molecule has 7 heteroatoms. The third-order valence-corrected chi connectivity index (χ3v) is 5.12. The number of aromatic amines is 1. The molecule has 2 N–H and O–H groups in total. The number of pyridine rings is 1. The summed E-state index contributed by atoms with van der Waals surface area (Å²) in [4.78, 5) is 20.3. The summed E-state index contributed by atoms with van der Waals surface area (Å²) in [5, 5.41) is 4.93. The molecule has 1 amide bonds. The Balaban J connectivity index is 1.51. The average molecular weight is 400 g/mol. The van der Waals surface area contributed by atoms with Gasteiger partial charge in [-0.1, -0.05) is 0 Å². The smallest absolute Gasteiger partial charge is 0.240 e. The van der Waals surface area contributed by atoms with E-state index in [9.17, 15) is 4.79 Å². The fraction of sp³-hybridized carbons (Fsp3) is 0.130. The molecule has 0 saturated heterocycles. The van der Waals surface area contributed by atoms with E-state index in [1.807, 2.05) is 47.2 Å². The first-order valence-electron chi connectivity index (χ1n) is 9.61. The molecule has 0 aliphatic heterocycles. The molecular formula is C23H20N4O3. The van der Waals surface area contributed by atoms with Gasteiger partial charge in [0.15, 0.2) is 0 Å². The number of hydrogen-bond acceptors (Lipinski definition) is 4. The van der Waals surface area contributed by atoms with E-state index in [1.165, 1.54) is 0 Å². The molecule has 0 spiro atoms. The lowest BCUT2D eigenvalue weighted by Crippen LogP contribution is -2.26. The maximum atomic E-state index is 12.5. The number of ether oxygens (including phenoxy) is 1. The van der Waals surface area contributed by atoms with Crippen molar-refractivity contribution in [3.63, 3.8) is 0 Å². The number of hydrogen-bond donors (Lipinski definition) is 2. The number of nitrogens with zero attached hydrogens (tertiary/aromatic N) is 2. The molecule has 0 fully saturated rings. The van der Waals surface area contributed by atoms with Gasteiger partial charge in [0, 0.05) is 39.9 Å². The molecule has 4 aromatic heterocycles. The highest BCUT2D eigenvalue weighted by Gasteiger charge is 2.15. The van der Waals surface area contributed by atoms with Gasteiger partial charge in [-0.2, -0.15) is 0 Å². The molecule has 30 heavy (non-hydrogen) atoms. The third kappa shape index (κ3) is 3.30. The largest absolute Gasteiger partial charge is 0.497 e. The Morgan fingerprint density at radius 3 is 2.97 bits per heavy atom. The number of H-pyrrole nitrogens is 1. The lowest BCUT2D eigenvalue weighted by Gasteiger charge is -2.07. The normalized spacial score (nSPS) is 11.2. The van der Waals surface area contributed by atoms with E-state index < -0.39 is 0 Å². The number of fused-ring (bicyclic) bond motifs is 2. The van der Waals surface area contributed by atoms with E-state index in [-0.39, 0.29) is 12.5 Å². The highest BCUT2D eigenvalue weighted by atomic mass is 16.5. The Kier molecular flexibility index (Phi) is 4.48. The van der Waals surface area contributed by atoms with Crippen molar-refractivity contribution in [3.05, 3.63) is 72.9 Å². The fourth-order valence-corrected chi connectivity index (χ4v) is 3.66. The summed E-state index contributed by atoms with van der Waals surface area (Å²) in [6, 6.07) is 15.5. The Bertz CT molecular complexity index is 1300. The zero-order valence-corrected chi connectivity index (χ0v) is 16.4. The molecule has 1 aromatic carbocycles. The maximum Gasteiger partial charge on any atom is 0.240 e. The van der Waals surface area contributed by atoms with Crippen molar-refractivity contribution in [3.8, 4) is 17.0 Å². The summed E-state index contributed by atoms with van der Waals surface area (Å²) >= 11 is 0. The number of carbonyl (C=O) groups excluding carboxylic acids is 1. The van der Waals surface area contributed by atoms with E-state index in [4.69, 9.17) is 9.15 Å². The Morgan fingerprint density at radius 1 is 1.23 bits per heavy atom. The summed E-state index contributed by atoms with van der Waals surface area (Å²) in [5.74, 6) is 1.39. The molecule has 5 aromatic rings. The number of benzene rings is 1. The summed E-state index contributed by atoms with van der Waals surface area (Å²) in [6.07, 6.45) is 5.34. The summed E-state index contributed by atoms with van der Waals surface area (Å²) < 4.78 is 12.6. The van der Waals surface area contributed by atoms with Crippen LogP contribution in [0.3, 0.4) is 0 Å². The first kappa shape index (κ1) is 18.1. The van der Waals surface area contributed by atoms with Crippen LogP contribution in [0.1, 0.15) is 5.76 Å². The van der Waals surface area contributed by atoms with E-state index in [2.05, 4.69) is 21.4 Å². The van der Waals surface area contributed by atoms with Gasteiger partial charge in [0.2, 0.25) is 5.91 Å². The predicted molar refractivity (Wildman–Crippen MR) is 114 cm³/mol. The molecule has 0 bridgehead atoms. The average Bonchev–Trinajstić information content (AvgIpc) is 3.50. The number of rotatable bonds is 6. The van der Waals surface area contributed by atoms with Crippen molar-refractivity contribution in [1.82, 2.24) is 19.9 Å². The molecule has 7 nitrogen and oxygen atoms in total. The zero-order chi connectivity index (χ0) is 20.5. The van der Waals surface area contributed by atoms with Crippen LogP contribution in [-0.2, 0) is 17.9 Å². The second kappa shape index (κ2) is 7.44. The quantitative estimate of drug-likeness (QED) is 0.449. The van der Waals surface area contributed by atoms with Gasteiger partial charge < -0.3 is 24.0 Å². The number of aromatic nitrogens is 3. The zero-order valence-electron chi connectivity index (χ0n) is 16.4. The van der Waals surface area contributed by atoms with Crippen LogP contribution in [0.15, 0.2) is 71.6 Å². The van der Waals surface area contributed by atoms with Crippen molar-refractivity contribution in [2.24, 2.45) is 0 Å². The predicted octanol–water partition coefficient (Wildman–Crippen LogP) is 4.10. The second-order valence-electron chi connectivity index (χ2n) is 7.03. The molecule has 0 aliphatic rings. The number of furan rings is 1. The molecule has 4 heterocycles. The molecular weight excluding hydrogens is 380 g/mol. The number of methoxy groups -OCH3 is 1. The molecule has 150 valence electrons.